The molecule has 1 amide bonds. The number of nitrogens with one attached hydrogen (secondary N) is 1. The molecule has 0 saturated carbocycles. The number of amides is 1. The van der Waals surface area contributed by atoms with Crippen LogP contribution in [0.4, 0.5) is 10.7 Å². The minimum absolute atomic E-state index is 0.330. The summed E-state index contributed by atoms with van der Waals surface area (Å²) < 4.78 is 4.99. The van der Waals surface area contributed by atoms with E-state index in [-0.39, 0.29) is 5.91 Å². The number of hydrogen-bond acceptors (Lipinski definition) is 7. The highest BCUT2D eigenvalue weighted by Gasteiger charge is 2.24. The van der Waals surface area contributed by atoms with E-state index in [2.05, 4.69) is 17.2 Å². The summed E-state index contributed by atoms with van der Waals surface area (Å²) in [7, 11) is 1.33. The molecule has 0 aliphatic heterocycles. The lowest BCUT2D eigenvalue weighted by Crippen LogP contribution is -2.14. The van der Waals surface area contributed by atoms with E-state index in [0.29, 0.717) is 26.7 Å². The number of methoxy groups -OCH3 is 1. The number of benzene rings is 1. The number of aryl methyl sites for hydroxylation is 1. The van der Waals surface area contributed by atoms with Gasteiger partial charge in [0.1, 0.15) is 20.3 Å². The largest absolute Gasteiger partial charge is 0.465 e. The molecule has 4 aromatic rings. The lowest BCUT2D eigenvalue weighted by molar-refractivity contribution is 0.0603. The number of carbonyl (C=O) groups is 2. The molecule has 3 aromatic heterocycles. The zero-order valence-corrected chi connectivity index (χ0v) is 19.4. The van der Waals surface area contributed by atoms with Gasteiger partial charge in [-0.2, -0.15) is 0 Å². The number of fused-ring (bicyclic) bond motifs is 1. The standard InChI is InChI=1S/C24H23N3O3S2/c1-3-4-10-15-11-12-16-19(25)20(32-22(16)26-15)21(28)27-23-18(24(29)30-2)17(13-31-23)14-8-6-5-7-9-14/h5-9,11-13H,3-4,10,25H2,1-2H3,(H,27,28). The third-order valence-corrected chi connectivity index (χ3v) is 7.15. The van der Waals surface area contributed by atoms with Gasteiger partial charge >= 0.3 is 5.97 Å². The second-order valence-corrected chi connectivity index (χ2v) is 9.15. The second kappa shape index (κ2) is 9.50. The van der Waals surface area contributed by atoms with Crippen molar-refractivity contribution in [2.75, 3.05) is 18.2 Å². The maximum atomic E-state index is 13.1. The number of aromatic nitrogens is 1. The van der Waals surface area contributed by atoms with Gasteiger partial charge in [0.25, 0.3) is 5.91 Å². The molecule has 0 spiro atoms. The lowest BCUT2D eigenvalue weighted by atomic mass is 10.0. The summed E-state index contributed by atoms with van der Waals surface area (Å²) in [5.41, 5.74) is 9.59. The summed E-state index contributed by atoms with van der Waals surface area (Å²) in [4.78, 5) is 31.5. The van der Waals surface area contributed by atoms with Crippen LogP contribution in [-0.2, 0) is 11.2 Å². The summed E-state index contributed by atoms with van der Waals surface area (Å²) >= 11 is 2.54. The number of rotatable bonds is 7. The molecule has 6 nitrogen and oxygen atoms in total. The first-order valence-electron chi connectivity index (χ1n) is 10.3. The maximum absolute atomic E-state index is 13.1. The molecule has 0 unspecified atom stereocenters. The molecule has 8 heteroatoms. The van der Waals surface area contributed by atoms with Crippen molar-refractivity contribution in [2.45, 2.75) is 26.2 Å². The fraction of sp³-hybridized carbons (Fsp3) is 0.208. The van der Waals surface area contributed by atoms with Crippen LogP contribution in [-0.4, -0.2) is 24.0 Å². The molecule has 0 radical (unpaired) electrons. The smallest absolute Gasteiger partial charge is 0.341 e. The minimum atomic E-state index is -0.507. The fourth-order valence-corrected chi connectivity index (χ4v) is 5.41. The van der Waals surface area contributed by atoms with Crippen LogP contribution in [0.3, 0.4) is 0 Å². The third kappa shape index (κ3) is 4.24. The Kier molecular flexibility index (Phi) is 6.53. The third-order valence-electron chi connectivity index (χ3n) is 5.14. The Labute approximate surface area is 194 Å². The van der Waals surface area contributed by atoms with E-state index >= 15 is 0 Å². The van der Waals surface area contributed by atoms with E-state index < -0.39 is 5.97 Å². The van der Waals surface area contributed by atoms with Crippen LogP contribution in [0.5, 0.6) is 0 Å². The zero-order chi connectivity index (χ0) is 22.7. The monoisotopic (exact) mass is 465 g/mol. The van der Waals surface area contributed by atoms with E-state index in [1.54, 1.807) is 0 Å². The second-order valence-electron chi connectivity index (χ2n) is 7.27. The molecule has 32 heavy (non-hydrogen) atoms. The van der Waals surface area contributed by atoms with Crippen molar-refractivity contribution >= 4 is 55.5 Å². The van der Waals surface area contributed by atoms with Crippen LogP contribution in [0.25, 0.3) is 21.3 Å². The highest BCUT2D eigenvalue weighted by molar-refractivity contribution is 7.21. The van der Waals surface area contributed by atoms with Crippen LogP contribution in [0.2, 0.25) is 0 Å². The molecule has 4 rings (SSSR count). The average Bonchev–Trinajstić information content (AvgIpc) is 3.38. The Morgan fingerprint density at radius 3 is 2.66 bits per heavy atom. The molecule has 0 aliphatic rings. The first kappa shape index (κ1) is 22.0. The molecular weight excluding hydrogens is 442 g/mol. The van der Waals surface area contributed by atoms with Gasteiger partial charge in [0, 0.05) is 22.0 Å². The van der Waals surface area contributed by atoms with Crippen LogP contribution in [0, 0.1) is 0 Å². The highest BCUT2D eigenvalue weighted by atomic mass is 32.1. The molecule has 0 fully saturated rings. The number of carbonyl (C=O) groups excluding carboxylic acids is 2. The van der Waals surface area contributed by atoms with Crippen molar-refractivity contribution in [1.82, 2.24) is 4.98 Å². The minimum Gasteiger partial charge on any atom is -0.465 e. The average molecular weight is 466 g/mol. The van der Waals surface area contributed by atoms with Crippen molar-refractivity contribution in [3.8, 4) is 11.1 Å². The molecule has 0 bridgehead atoms. The number of anilines is 2. The van der Waals surface area contributed by atoms with Gasteiger partial charge in [-0.25, -0.2) is 9.78 Å². The van der Waals surface area contributed by atoms with Crippen molar-refractivity contribution in [1.29, 1.82) is 0 Å². The Balaban J connectivity index is 1.67. The highest BCUT2D eigenvalue weighted by Crippen LogP contribution is 2.38. The molecule has 0 aliphatic carbocycles. The quantitative estimate of drug-likeness (QED) is 0.327. The predicted octanol–water partition coefficient (Wildman–Crippen LogP) is 5.99. The first-order valence-corrected chi connectivity index (χ1v) is 12.0. The normalized spacial score (nSPS) is 10.9. The topological polar surface area (TPSA) is 94.3 Å². The Bertz CT molecular complexity index is 1280. The van der Waals surface area contributed by atoms with Crippen LogP contribution in [0.1, 0.15) is 45.5 Å². The van der Waals surface area contributed by atoms with Crippen molar-refractivity contribution in [3.05, 3.63) is 64.0 Å². The number of ether oxygens (including phenoxy) is 1. The number of pyridine rings is 1. The van der Waals surface area contributed by atoms with Gasteiger partial charge in [0.15, 0.2) is 0 Å². The van der Waals surface area contributed by atoms with Gasteiger partial charge in [0.05, 0.1) is 12.8 Å². The van der Waals surface area contributed by atoms with Gasteiger partial charge in [-0.1, -0.05) is 43.7 Å². The Morgan fingerprint density at radius 1 is 1.16 bits per heavy atom. The molecule has 3 heterocycles. The van der Waals surface area contributed by atoms with E-state index in [1.165, 1.54) is 29.8 Å². The lowest BCUT2D eigenvalue weighted by Gasteiger charge is -2.07. The number of esters is 1. The Morgan fingerprint density at radius 2 is 1.94 bits per heavy atom. The predicted molar refractivity (Wildman–Crippen MR) is 132 cm³/mol. The molecular formula is C24H23N3O3S2. The first-order chi connectivity index (χ1) is 15.5. The SMILES string of the molecule is CCCCc1ccc2c(N)c(C(=O)Nc3scc(-c4ccccc4)c3C(=O)OC)sc2n1. The molecule has 0 saturated heterocycles. The van der Waals surface area contributed by atoms with Crippen LogP contribution >= 0.6 is 22.7 Å². The van der Waals surface area contributed by atoms with Gasteiger partial charge in [0.2, 0.25) is 0 Å². The summed E-state index contributed by atoms with van der Waals surface area (Å²) in [6.07, 6.45) is 3.05. The number of nitrogens with two attached hydrogens (primary N) is 1. The van der Waals surface area contributed by atoms with Crippen molar-refractivity contribution in [3.63, 3.8) is 0 Å². The number of nitrogen functional groups attached to an aromatic ring is 1. The van der Waals surface area contributed by atoms with Gasteiger partial charge in [-0.15, -0.1) is 22.7 Å². The number of nitrogens with zero attached hydrogens (tertiary/aromatic N) is 1. The molecule has 0 atom stereocenters. The van der Waals surface area contributed by atoms with E-state index in [0.717, 1.165) is 40.7 Å². The van der Waals surface area contributed by atoms with Crippen molar-refractivity contribution < 1.29 is 14.3 Å². The Hall–Kier alpha value is -3.23. The summed E-state index contributed by atoms with van der Waals surface area (Å²) in [5.74, 6) is -0.876. The number of hydrogen-bond donors (Lipinski definition) is 2. The zero-order valence-electron chi connectivity index (χ0n) is 17.8. The number of thiophene rings is 2. The molecule has 164 valence electrons. The van der Waals surface area contributed by atoms with E-state index in [9.17, 15) is 9.59 Å². The van der Waals surface area contributed by atoms with Crippen LogP contribution < -0.4 is 11.1 Å². The van der Waals surface area contributed by atoms with Gasteiger partial charge < -0.3 is 15.8 Å². The van der Waals surface area contributed by atoms with E-state index in [1.807, 2.05) is 47.8 Å². The molecule has 3 N–H and O–H groups in total. The van der Waals surface area contributed by atoms with Gasteiger partial charge in [-0.3, -0.25) is 4.79 Å². The maximum Gasteiger partial charge on any atom is 0.341 e. The van der Waals surface area contributed by atoms with E-state index in [4.69, 9.17) is 10.5 Å². The summed E-state index contributed by atoms with van der Waals surface area (Å²) in [6.45, 7) is 2.14. The fourth-order valence-electron chi connectivity index (χ4n) is 3.45. The summed E-state index contributed by atoms with van der Waals surface area (Å²) in [5, 5.41) is 5.90. The van der Waals surface area contributed by atoms with Gasteiger partial charge in [-0.05, 0) is 30.5 Å². The summed E-state index contributed by atoms with van der Waals surface area (Å²) in [6, 6.07) is 13.4. The van der Waals surface area contributed by atoms with Crippen molar-refractivity contribution in [2.24, 2.45) is 0 Å². The molecule has 1 aromatic carbocycles. The number of unbranched alkanes of at least 4 members (excludes halogenated alkanes) is 1. The van der Waals surface area contributed by atoms with Crippen LogP contribution in [0.15, 0.2) is 47.8 Å².